The maximum atomic E-state index is 3.85. The van der Waals surface area contributed by atoms with Gasteiger partial charge in [0.05, 0.1) is 0 Å². The first-order chi connectivity index (χ1) is 11.4. The van der Waals surface area contributed by atoms with Gasteiger partial charge in [-0.25, -0.2) is 0 Å². The Morgan fingerprint density at radius 1 is 0.739 bits per heavy atom. The molecule has 2 heteroatoms. The van der Waals surface area contributed by atoms with Crippen molar-refractivity contribution in [3.05, 3.63) is 101 Å². The number of nitrogens with zero attached hydrogens (tertiary/aromatic N) is 1. The lowest BCUT2D eigenvalue weighted by molar-refractivity contribution is 0.377. The predicted octanol–water partition coefficient (Wildman–Crippen LogP) is 4.01. The molecule has 23 heavy (non-hydrogen) atoms. The van der Waals surface area contributed by atoms with Gasteiger partial charge in [-0.05, 0) is 22.8 Å². The largest absolute Gasteiger partial charge is 0.341 e. The Morgan fingerprint density at radius 2 is 1.43 bits per heavy atom. The quantitative estimate of drug-likeness (QED) is 0.730. The smallest absolute Gasteiger partial charge is 0.144 e. The summed E-state index contributed by atoms with van der Waals surface area (Å²) in [4.78, 5) is 2.52. The van der Waals surface area contributed by atoms with Crippen molar-refractivity contribution in [1.29, 1.82) is 0 Å². The molecule has 0 bridgehead atoms. The Bertz CT molecular complexity index is 872. The van der Waals surface area contributed by atoms with Gasteiger partial charge in [-0.1, -0.05) is 72.8 Å². The molecule has 1 N–H and O–H groups in total. The summed E-state index contributed by atoms with van der Waals surface area (Å²) in [6.07, 6.45) is 0. The van der Waals surface area contributed by atoms with Gasteiger partial charge in [0.25, 0.3) is 0 Å². The van der Waals surface area contributed by atoms with E-state index >= 15 is 0 Å². The SMILES string of the molecule is c1ccc(C23NCc4ccccc4N2Cc2ccccc23)cc1. The molecule has 1 unspecified atom stereocenters. The molecule has 3 aromatic rings. The number of nitrogens with one attached hydrogen (secondary N) is 1. The van der Waals surface area contributed by atoms with Crippen LogP contribution in [0.15, 0.2) is 78.9 Å². The van der Waals surface area contributed by atoms with Crippen LogP contribution in [0.4, 0.5) is 5.69 Å². The summed E-state index contributed by atoms with van der Waals surface area (Å²) < 4.78 is 0. The normalized spacial score (nSPS) is 21.5. The van der Waals surface area contributed by atoms with Crippen molar-refractivity contribution in [1.82, 2.24) is 5.32 Å². The molecule has 2 nitrogen and oxygen atoms in total. The van der Waals surface area contributed by atoms with Gasteiger partial charge in [0, 0.05) is 24.3 Å². The number of anilines is 1. The average Bonchev–Trinajstić information content (AvgIpc) is 2.98. The van der Waals surface area contributed by atoms with Crippen molar-refractivity contribution in [3.63, 3.8) is 0 Å². The fourth-order valence-electron chi connectivity index (χ4n) is 4.14. The highest BCUT2D eigenvalue weighted by atomic mass is 15.4. The van der Waals surface area contributed by atoms with Crippen molar-refractivity contribution >= 4 is 5.69 Å². The van der Waals surface area contributed by atoms with Crippen LogP contribution in [0.5, 0.6) is 0 Å². The molecule has 0 saturated carbocycles. The van der Waals surface area contributed by atoms with Crippen LogP contribution in [-0.2, 0) is 18.8 Å². The molecule has 2 aliphatic heterocycles. The molecule has 0 spiro atoms. The summed E-state index contributed by atoms with van der Waals surface area (Å²) in [6, 6.07) is 28.4. The number of hydrogen-bond acceptors (Lipinski definition) is 2. The highest BCUT2D eigenvalue weighted by Crippen LogP contribution is 2.48. The zero-order valence-electron chi connectivity index (χ0n) is 12.9. The maximum Gasteiger partial charge on any atom is 0.144 e. The van der Waals surface area contributed by atoms with E-state index < -0.39 is 0 Å². The van der Waals surface area contributed by atoms with Crippen molar-refractivity contribution < 1.29 is 0 Å². The highest BCUT2D eigenvalue weighted by Gasteiger charge is 2.48. The van der Waals surface area contributed by atoms with Gasteiger partial charge in [-0.2, -0.15) is 0 Å². The third-order valence-electron chi connectivity index (χ3n) is 5.15. The fourth-order valence-corrected chi connectivity index (χ4v) is 4.14. The predicted molar refractivity (Wildman–Crippen MR) is 93.1 cm³/mol. The summed E-state index contributed by atoms with van der Waals surface area (Å²) in [5.41, 5.74) is 6.53. The van der Waals surface area contributed by atoms with Crippen LogP contribution in [0, 0.1) is 0 Å². The van der Waals surface area contributed by atoms with Gasteiger partial charge in [0.15, 0.2) is 0 Å². The molecule has 3 aromatic carbocycles. The Hall–Kier alpha value is -2.58. The first-order valence-electron chi connectivity index (χ1n) is 8.14. The number of benzene rings is 3. The van der Waals surface area contributed by atoms with Crippen LogP contribution in [0.2, 0.25) is 0 Å². The average molecular weight is 298 g/mol. The van der Waals surface area contributed by atoms with E-state index in [4.69, 9.17) is 0 Å². The minimum Gasteiger partial charge on any atom is -0.341 e. The zero-order valence-corrected chi connectivity index (χ0v) is 12.9. The molecule has 0 amide bonds. The highest BCUT2D eigenvalue weighted by molar-refractivity contribution is 5.66. The minimum absolute atomic E-state index is 0.258. The Kier molecular flexibility index (Phi) is 2.64. The molecule has 5 rings (SSSR count). The number of fused-ring (bicyclic) bond motifs is 5. The van der Waals surface area contributed by atoms with E-state index in [9.17, 15) is 0 Å². The van der Waals surface area contributed by atoms with Crippen LogP contribution in [-0.4, -0.2) is 0 Å². The summed E-state index contributed by atoms with van der Waals surface area (Å²) in [6.45, 7) is 1.82. The van der Waals surface area contributed by atoms with Crippen LogP contribution >= 0.6 is 0 Å². The van der Waals surface area contributed by atoms with Gasteiger partial charge in [-0.3, -0.25) is 5.32 Å². The van der Waals surface area contributed by atoms with Crippen molar-refractivity contribution in [2.75, 3.05) is 4.90 Å². The lowest BCUT2D eigenvalue weighted by Gasteiger charge is -2.46. The number of hydrogen-bond donors (Lipinski definition) is 1. The summed E-state index contributed by atoms with van der Waals surface area (Å²) in [5.74, 6) is 0. The van der Waals surface area contributed by atoms with Crippen molar-refractivity contribution in [3.8, 4) is 0 Å². The van der Waals surface area contributed by atoms with Gasteiger partial charge in [0.2, 0.25) is 0 Å². The van der Waals surface area contributed by atoms with Crippen LogP contribution in [0.25, 0.3) is 0 Å². The third kappa shape index (κ3) is 1.67. The van der Waals surface area contributed by atoms with E-state index in [2.05, 4.69) is 89.1 Å². The molecular formula is C21H18N2. The second kappa shape index (κ2) is 4.71. The minimum atomic E-state index is -0.258. The van der Waals surface area contributed by atoms with Gasteiger partial charge >= 0.3 is 0 Å². The lowest BCUT2D eigenvalue weighted by atomic mass is 9.88. The van der Waals surface area contributed by atoms with Crippen molar-refractivity contribution in [2.24, 2.45) is 0 Å². The molecule has 2 heterocycles. The Balaban J connectivity index is 1.81. The molecule has 0 aromatic heterocycles. The second-order valence-electron chi connectivity index (χ2n) is 6.30. The standard InChI is InChI=1S/C21H18N2/c1-2-10-18(11-3-1)21-19-12-6-4-9-17(19)15-23(21)20-13-7-5-8-16(20)14-22-21/h1-13,22H,14-15H2. The fraction of sp³-hybridized carbons (Fsp3) is 0.143. The zero-order chi connectivity index (χ0) is 15.3. The number of para-hydroxylation sites is 1. The second-order valence-corrected chi connectivity index (χ2v) is 6.30. The molecule has 0 radical (unpaired) electrons. The Labute approximate surface area is 136 Å². The maximum absolute atomic E-state index is 3.85. The van der Waals surface area contributed by atoms with E-state index in [0.29, 0.717) is 0 Å². The number of rotatable bonds is 1. The monoisotopic (exact) mass is 298 g/mol. The molecular weight excluding hydrogens is 280 g/mol. The topological polar surface area (TPSA) is 15.3 Å². The van der Waals surface area contributed by atoms with Crippen LogP contribution < -0.4 is 10.2 Å². The van der Waals surface area contributed by atoms with E-state index in [1.54, 1.807) is 0 Å². The van der Waals surface area contributed by atoms with E-state index in [-0.39, 0.29) is 5.66 Å². The van der Waals surface area contributed by atoms with Crippen LogP contribution in [0.1, 0.15) is 22.3 Å². The summed E-state index contributed by atoms with van der Waals surface area (Å²) >= 11 is 0. The first kappa shape index (κ1) is 12.9. The molecule has 2 aliphatic rings. The van der Waals surface area contributed by atoms with E-state index in [1.807, 2.05) is 0 Å². The van der Waals surface area contributed by atoms with E-state index in [0.717, 1.165) is 13.1 Å². The molecule has 0 aliphatic carbocycles. The van der Waals surface area contributed by atoms with Gasteiger partial charge in [-0.15, -0.1) is 0 Å². The van der Waals surface area contributed by atoms with Gasteiger partial charge in [0.1, 0.15) is 5.66 Å². The molecule has 0 saturated heterocycles. The van der Waals surface area contributed by atoms with Crippen molar-refractivity contribution in [2.45, 2.75) is 18.8 Å². The first-order valence-corrected chi connectivity index (χ1v) is 8.14. The summed E-state index contributed by atoms with van der Waals surface area (Å²) in [7, 11) is 0. The molecule has 1 atom stereocenters. The van der Waals surface area contributed by atoms with Crippen LogP contribution in [0.3, 0.4) is 0 Å². The molecule has 112 valence electrons. The van der Waals surface area contributed by atoms with Gasteiger partial charge < -0.3 is 4.90 Å². The molecule has 0 fully saturated rings. The Morgan fingerprint density at radius 3 is 2.30 bits per heavy atom. The third-order valence-corrected chi connectivity index (χ3v) is 5.15. The summed E-state index contributed by atoms with van der Waals surface area (Å²) in [5, 5.41) is 3.85. The lowest BCUT2D eigenvalue weighted by Crippen LogP contribution is -2.56. The van der Waals surface area contributed by atoms with E-state index in [1.165, 1.54) is 27.9 Å².